The van der Waals surface area contributed by atoms with Crippen molar-refractivity contribution >= 4 is 11.6 Å². The van der Waals surface area contributed by atoms with Crippen LogP contribution in [-0.2, 0) is 6.42 Å². The molecule has 0 atom stereocenters. The van der Waals surface area contributed by atoms with Crippen LogP contribution < -0.4 is 10.6 Å². The highest BCUT2D eigenvalue weighted by atomic mass is 15.2. The van der Waals surface area contributed by atoms with Gasteiger partial charge in [-0.05, 0) is 24.8 Å². The standard InChI is InChI=1S/C16H20N4/c1-20(10-9-12-5-3-2-4-6-12)15-11-14(17)18-16(19-15)13-7-8-13/h2-6,11,13H,7-10H2,1H3,(H2,17,18,19). The maximum atomic E-state index is 5.89. The van der Waals surface area contributed by atoms with E-state index in [1.165, 1.54) is 18.4 Å². The van der Waals surface area contributed by atoms with Gasteiger partial charge in [0.05, 0.1) is 0 Å². The Morgan fingerprint density at radius 3 is 2.65 bits per heavy atom. The van der Waals surface area contributed by atoms with E-state index in [0.717, 1.165) is 24.6 Å². The van der Waals surface area contributed by atoms with Crippen molar-refractivity contribution in [1.82, 2.24) is 9.97 Å². The number of nitrogens with zero attached hydrogens (tertiary/aromatic N) is 3. The number of nitrogens with two attached hydrogens (primary N) is 1. The molecule has 1 aromatic carbocycles. The van der Waals surface area contributed by atoms with Crippen molar-refractivity contribution in [3.63, 3.8) is 0 Å². The van der Waals surface area contributed by atoms with Crippen LogP contribution in [0, 0.1) is 0 Å². The van der Waals surface area contributed by atoms with Crippen molar-refractivity contribution in [2.75, 3.05) is 24.2 Å². The molecule has 0 unspecified atom stereocenters. The van der Waals surface area contributed by atoms with E-state index >= 15 is 0 Å². The lowest BCUT2D eigenvalue weighted by atomic mass is 10.1. The van der Waals surface area contributed by atoms with Gasteiger partial charge in [-0.1, -0.05) is 30.3 Å². The number of likely N-dealkylation sites (N-methyl/N-ethyl adjacent to an activating group) is 1. The Labute approximate surface area is 119 Å². The zero-order valence-electron chi connectivity index (χ0n) is 11.8. The molecule has 2 N–H and O–H groups in total. The molecule has 1 aliphatic rings. The first-order chi connectivity index (χ1) is 9.72. The van der Waals surface area contributed by atoms with Gasteiger partial charge in [-0.2, -0.15) is 0 Å². The number of hydrogen-bond acceptors (Lipinski definition) is 4. The molecule has 1 aromatic heterocycles. The van der Waals surface area contributed by atoms with Gasteiger partial charge in [-0.3, -0.25) is 0 Å². The zero-order chi connectivity index (χ0) is 13.9. The number of hydrogen-bond donors (Lipinski definition) is 1. The average Bonchev–Trinajstić information content (AvgIpc) is 3.30. The van der Waals surface area contributed by atoms with E-state index in [2.05, 4.69) is 46.2 Å². The molecule has 0 amide bonds. The van der Waals surface area contributed by atoms with Crippen molar-refractivity contribution < 1.29 is 0 Å². The van der Waals surface area contributed by atoms with Crippen molar-refractivity contribution in [3.8, 4) is 0 Å². The summed E-state index contributed by atoms with van der Waals surface area (Å²) in [5, 5.41) is 0. The first-order valence-electron chi connectivity index (χ1n) is 7.12. The van der Waals surface area contributed by atoms with E-state index in [-0.39, 0.29) is 0 Å². The normalized spacial score (nSPS) is 14.2. The Morgan fingerprint density at radius 1 is 1.20 bits per heavy atom. The molecular formula is C16H20N4. The number of aromatic nitrogens is 2. The van der Waals surface area contributed by atoms with Crippen LogP contribution >= 0.6 is 0 Å². The highest BCUT2D eigenvalue weighted by molar-refractivity contribution is 5.47. The Balaban J connectivity index is 1.68. The van der Waals surface area contributed by atoms with Crippen molar-refractivity contribution in [1.29, 1.82) is 0 Å². The Bertz CT molecular complexity index is 578. The fourth-order valence-electron chi connectivity index (χ4n) is 2.25. The maximum absolute atomic E-state index is 5.89. The summed E-state index contributed by atoms with van der Waals surface area (Å²) >= 11 is 0. The fourth-order valence-corrected chi connectivity index (χ4v) is 2.25. The van der Waals surface area contributed by atoms with E-state index in [9.17, 15) is 0 Å². The topological polar surface area (TPSA) is 55.0 Å². The second-order valence-electron chi connectivity index (χ2n) is 5.44. The van der Waals surface area contributed by atoms with Crippen molar-refractivity contribution in [3.05, 3.63) is 47.8 Å². The number of rotatable bonds is 5. The SMILES string of the molecule is CN(CCc1ccccc1)c1cc(N)nc(C2CC2)n1. The van der Waals surface area contributed by atoms with Crippen molar-refractivity contribution in [2.24, 2.45) is 0 Å². The molecule has 0 bridgehead atoms. The fraction of sp³-hybridized carbons (Fsp3) is 0.375. The summed E-state index contributed by atoms with van der Waals surface area (Å²) in [5.74, 6) is 2.94. The van der Waals surface area contributed by atoms with Gasteiger partial charge in [0, 0.05) is 25.6 Å². The number of nitrogen functional groups attached to an aromatic ring is 1. The van der Waals surface area contributed by atoms with Gasteiger partial charge in [0.2, 0.25) is 0 Å². The smallest absolute Gasteiger partial charge is 0.136 e. The van der Waals surface area contributed by atoms with Crippen LogP contribution in [0.1, 0.15) is 30.1 Å². The molecular weight excluding hydrogens is 248 g/mol. The monoisotopic (exact) mass is 268 g/mol. The summed E-state index contributed by atoms with van der Waals surface area (Å²) in [6.45, 7) is 0.921. The van der Waals surface area contributed by atoms with Crippen LogP contribution in [0.4, 0.5) is 11.6 Å². The molecule has 1 fully saturated rings. The number of anilines is 2. The Hall–Kier alpha value is -2.10. The lowest BCUT2D eigenvalue weighted by molar-refractivity contribution is 0.836. The molecule has 4 nitrogen and oxygen atoms in total. The van der Waals surface area contributed by atoms with E-state index in [4.69, 9.17) is 5.73 Å². The third kappa shape index (κ3) is 3.07. The van der Waals surface area contributed by atoms with Crippen LogP contribution in [0.5, 0.6) is 0 Å². The predicted molar refractivity (Wildman–Crippen MR) is 81.8 cm³/mol. The first-order valence-corrected chi connectivity index (χ1v) is 7.12. The van der Waals surface area contributed by atoms with Gasteiger partial charge in [0.1, 0.15) is 17.5 Å². The van der Waals surface area contributed by atoms with Crippen molar-refractivity contribution in [2.45, 2.75) is 25.2 Å². The minimum Gasteiger partial charge on any atom is -0.384 e. The van der Waals surface area contributed by atoms with E-state index in [1.807, 2.05) is 12.1 Å². The predicted octanol–water partition coefficient (Wildman–Crippen LogP) is 2.62. The van der Waals surface area contributed by atoms with Crippen LogP contribution in [-0.4, -0.2) is 23.6 Å². The van der Waals surface area contributed by atoms with Gasteiger partial charge in [-0.25, -0.2) is 9.97 Å². The van der Waals surface area contributed by atoms with Gasteiger partial charge in [0.25, 0.3) is 0 Å². The molecule has 0 saturated heterocycles. The van der Waals surface area contributed by atoms with Gasteiger partial charge < -0.3 is 10.6 Å². The molecule has 0 spiro atoms. The van der Waals surface area contributed by atoms with Gasteiger partial charge in [0.15, 0.2) is 0 Å². The second kappa shape index (κ2) is 5.49. The summed E-state index contributed by atoms with van der Waals surface area (Å²) < 4.78 is 0. The first kappa shape index (κ1) is 12.9. The van der Waals surface area contributed by atoms with E-state index < -0.39 is 0 Å². The molecule has 3 rings (SSSR count). The average molecular weight is 268 g/mol. The molecule has 0 aliphatic heterocycles. The van der Waals surface area contributed by atoms with Gasteiger partial charge >= 0.3 is 0 Å². The molecule has 20 heavy (non-hydrogen) atoms. The largest absolute Gasteiger partial charge is 0.384 e. The summed E-state index contributed by atoms with van der Waals surface area (Å²) in [7, 11) is 2.06. The minimum atomic E-state index is 0.528. The number of benzene rings is 1. The second-order valence-corrected chi connectivity index (χ2v) is 5.44. The maximum Gasteiger partial charge on any atom is 0.136 e. The highest BCUT2D eigenvalue weighted by Gasteiger charge is 2.27. The quantitative estimate of drug-likeness (QED) is 0.905. The zero-order valence-corrected chi connectivity index (χ0v) is 11.8. The lowest BCUT2D eigenvalue weighted by Gasteiger charge is -2.19. The van der Waals surface area contributed by atoms with E-state index in [0.29, 0.717) is 11.7 Å². The molecule has 4 heteroatoms. The summed E-state index contributed by atoms with van der Waals surface area (Å²) in [6.07, 6.45) is 3.38. The molecule has 1 heterocycles. The van der Waals surface area contributed by atoms with Crippen LogP contribution in [0.2, 0.25) is 0 Å². The molecule has 2 aromatic rings. The molecule has 1 aliphatic carbocycles. The summed E-state index contributed by atoms with van der Waals surface area (Å²) in [6, 6.07) is 12.3. The molecule has 1 saturated carbocycles. The third-order valence-corrected chi connectivity index (χ3v) is 3.66. The Morgan fingerprint density at radius 2 is 1.95 bits per heavy atom. The third-order valence-electron chi connectivity index (χ3n) is 3.66. The van der Waals surface area contributed by atoms with E-state index in [1.54, 1.807) is 0 Å². The molecule has 0 radical (unpaired) electrons. The minimum absolute atomic E-state index is 0.528. The lowest BCUT2D eigenvalue weighted by Crippen LogP contribution is -2.22. The summed E-state index contributed by atoms with van der Waals surface area (Å²) in [4.78, 5) is 11.1. The Kier molecular flexibility index (Phi) is 3.54. The van der Waals surface area contributed by atoms with Gasteiger partial charge in [-0.15, -0.1) is 0 Å². The van der Waals surface area contributed by atoms with Crippen LogP contribution in [0.15, 0.2) is 36.4 Å². The molecule has 104 valence electrons. The van der Waals surface area contributed by atoms with Crippen LogP contribution in [0.3, 0.4) is 0 Å². The summed E-state index contributed by atoms with van der Waals surface area (Å²) in [5.41, 5.74) is 7.23. The highest BCUT2D eigenvalue weighted by Crippen LogP contribution is 2.38. The van der Waals surface area contributed by atoms with Crippen LogP contribution in [0.25, 0.3) is 0 Å².